The molecule has 7 atom stereocenters. The molecule has 0 aliphatic carbocycles. The van der Waals surface area contributed by atoms with Crippen molar-refractivity contribution in [1.82, 2.24) is 4.90 Å². The van der Waals surface area contributed by atoms with Gasteiger partial charge in [-0.15, -0.1) is 0 Å². The molecule has 0 radical (unpaired) electrons. The fourth-order valence-electron chi connectivity index (χ4n) is 7.71. The fourth-order valence-corrected chi connectivity index (χ4v) is 7.71. The summed E-state index contributed by atoms with van der Waals surface area (Å²) in [5.41, 5.74) is 0. The van der Waals surface area contributed by atoms with Crippen molar-refractivity contribution >= 4 is 0 Å². The van der Waals surface area contributed by atoms with E-state index < -0.39 is 0 Å². The Morgan fingerprint density at radius 3 is 0.733 bits per heavy atom. The molecule has 0 rings (SSSR count). The fraction of sp³-hybridized carbons (Fsp3) is 1.00. The smallest absolute Gasteiger partial charge is 0.00892 e. The maximum absolute atomic E-state index is 2.52. The van der Waals surface area contributed by atoms with Crippen molar-refractivity contribution in [2.75, 3.05) is 14.1 Å². The highest BCUT2D eigenvalue weighted by molar-refractivity contribution is 4.70. The molecule has 0 aliphatic rings. The van der Waals surface area contributed by atoms with Gasteiger partial charge in [-0.2, -0.15) is 0 Å². The van der Waals surface area contributed by atoms with Crippen molar-refractivity contribution in [2.45, 2.75) is 223 Å². The molecule has 0 saturated heterocycles. The van der Waals surface area contributed by atoms with Crippen LogP contribution in [-0.2, 0) is 0 Å². The summed E-state index contributed by atoms with van der Waals surface area (Å²) < 4.78 is 0. The van der Waals surface area contributed by atoms with Gasteiger partial charge in [-0.3, -0.25) is 0 Å². The second kappa shape index (κ2) is 28.9. The predicted molar refractivity (Wildman–Crippen MR) is 208 cm³/mol. The van der Waals surface area contributed by atoms with Crippen LogP contribution in [0.25, 0.3) is 0 Å². The van der Waals surface area contributed by atoms with Crippen LogP contribution >= 0.6 is 0 Å². The van der Waals surface area contributed by atoms with E-state index in [0.29, 0.717) is 0 Å². The average molecular weight is 634 g/mol. The van der Waals surface area contributed by atoms with Gasteiger partial charge < -0.3 is 4.90 Å². The van der Waals surface area contributed by atoms with E-state index in [2.05, 4.69) is 88.2 Å². The summed E-state index contributed by atoms with van der Waals surface area (Å²) in [7, 11) is 4.64. The molecular formula is C44H91N. The Labute approximate surface area is 288 Å². The van der Waals surface area contributed by atoms with Gasteiger partial charge in [0.25, 0.3) is 0 Å². The highest BCUT2D eigenvalue weighted by Crippen LogP contribution is 2.26. The Bertz CT molecular complexity index is 608. The largest absolute Gasteiger partial charge is 0.306 e. The summed E-state index contributed by atoms with van der Waals surface area (Å²) in [6, 6.07) is 0.772. The standard InChI is InChI=1S/C44H91N/c1-36(2)20-13-22-38(5)24-15-26-40(7)28-17-29-42(9)32-19-33-44(45(11)12)35-34-43(10)31-18-30-41(8)27-16-25-39(6)23-14-21-37(3)4/h36-44H,13-35H2,1-12H3. The molecule has 0 heterocycles. The molecule has 272 valence electrons. The molecule has 0 aliphatic heterocycles. The lowest BCUT2D eigenvalue weighted by Gasteiger charge is -2.26. The zero-order chi connectivity index (χ0) is 34.0. The molecule has 0 aromatic carbocycles. The highest BCUT2D eigenvalue weighted by Gasteiger charge is 2.15. The van der Waals surface area contributed by atoms with Gasteiger partial charge in [0, 0.05) is 6.04 Å². The van der Waals surface area contributed by atoms with Crippen LogP contribution in [0.5, 0.6) is 0 Å². The number of rotatable bonds is 32. The van der Waals surface area contributed by atoms with Gasteiger partial charge in [0.05, 0.1) is 0 Å². The van der Waals surface area contributed by atoms with E-state index >= 15 is 0 Å². The molecule has 0 saturated carbocycles. The lowest BCUT2D eigenvalue weighted by molar-refractivity contribution is 0.236. The minimum Gasteiger partial charge on any atom is -0.306 e. The van der Waals surface area contributed by atoms with E-state index in [1.165, 1.54) is 148 Å². The molecule has 1 nitrogen and oxygen atoms in total. The van der Waals surface area contributed by atoms with Crippen molar-refractivity contribution in [2.24, 2.45) is 47.3 Å². The van der Waals surface area contributed by atoms with Crippen molar-refractivity contribution in [3.63, 3.8) is 0 Å². The molecule has 0 N–H and O–H groups in total. The molecule has 1 heteroatoms. The maximum atomic E-state index is 2.52. The summed E-state index contributed by atoms with van der Waals surface area (Å²) in [6.45, 7) is 24.5. The van der Waals surface area contributed by atoms with Gasteiger partial charge in [0.15, 0.2) is 0 Å². The van der Waals surface area contributed by atoms with Crippen molar-refractivity contribution in [3.8, 4) is 0 Å². The van der Waals surface area contributed by atoms with Crippen LogP contribution in [0.2, 0.25) is 0 Å². The first-order valence-corrected chi connectivity index (χ1v) is 21.0. The van der Waals surface area contributed by atoms with Crippen LogP contribution in [0.1, 0.15) is 217 Å². The van der Waals surface area contributed by atoms with Crippen LogP contribution < -0.4 is 0 Å². The maximum Gasteiger partial charge on any atom is 0.00892 e. The van der Waals surface area contributed by atoms with E-state index in [9.17, 15) is 0 Å². The molecule has 0 bridgehead atoms. The van der Waals surface area contributed by atoms with Crippen LogP contribution in [-0.4, -0.2) is 25.0 Å². The van der Waals surface area contributed by atoms with Crippen LogP contribution in [0.3, 0.4) is 0 Å². The van der Waals surface area contributed by atoms with Crippen LogP contribution in [0.4, 0.5) is 0 Å². The molecule has 0 fully saturated rings. The average Bonchev–Trinajstić information content (AvgIpc) is 2.94. The van der Waals surface area contributed by atoms with Gasteiger partial charge >= 0.3 is 0 Å². The number of hydrogen-bond acceptors (Lipinski definition) is 1. The van der Waals surface area contributed by atoms with E-state index in [1.54, 1.807) is 0 Å². The zero-order valence-corrected chi connectivity index (χ0v) is 33.9. The van der Waals surface area contributed by atoms with Crippen molar-refractivity contribution in [3.05, 3.63) is 0 Å². The Morgan fingerprint density at radius 1 is 0.267 bits per heavy atom. The van der Waals surface area contributed by atoms with E-state index in [-0.39, 0.29) is 0 Å². The summed E-state index contributed by atoms with van der Waals surface area (Å²) in [5.74, 6) is 7.21. The molecule has 0 amide bonds. The van der Waals surface area contributed by atoms with Gasteiger partial charge in [-0.25, -0.2) is 0 Å². The zero-order valence-electron chi connectivity index (χ0n) is 33.9. The Hall–Kier alpha value is -0.0400. The molecule has 7 unspecified atom stereocenters. The molecule has 0 aromatic heterocycles. The third-order valence-electron chi connectivity index (χ3n) is 11.5. The van der Waals surface area contributed by atoms with Gasteiger partial charge in [-0.05, 0) is 80.7 Å². The monoisotopic (exact) mass is 634 g/mol. The van der Waals surface area contributed by atoms with Crippen molar-refractivity contribution < 1.29 is 0 Å². The Balaban J connectivity index is 3.95. The summed E-state index contributed by atoms with van der Waals surface area (Å²) in [5, 5.41) is 0. The first-order valence-electron chi connectivity index (χ1n) is 21.0. The third kappa shape index (κ3) is 29.8. The summed E-state index contributed by atoms with van der Waals surface area (Å²) >= 11 is 0. The van der Waals surface area contributed by atoms with E-state index in [1.807, 2.05) is 0 Å². The molecule has 0 spiro atoms. The number of nitrogens with zero attached hydrogens (tertiary/aromatic N) is 1. The number of hydrogen-bond donors (Lipinski definition) is 0. The molecular weight excluding hydrogens is 542 g/mol. The van der Waals surface area contributed by atoms with E-state index in [0.717, 1.165) is 53.4 Å². The first-order chi connectivity index (χ1) is 21.3. The third-order valence-corrected chi connectivity index (χ3v) is 11.5. The summed E-state index contributed by atoms with van der Waals surface area (Å²) in [6.07, 6.45) is 32.9. The van der Waals surface area contributed by atoms with Crippen LogP contribution in [0.15, 0.2) is 0 Å². The SMILES string of the molecule is CC(C)CCCC(C)CCCC(C)CCCC(C)CCCC(CCC(C)CCCC(C)CCCC(C)CCCC(C)C)N(C)C. The molecule has 0 aromatic rings. The quantitative estimate of drug-likeness (QED) is 0.0712. The Kier molecular flexibility index (Phi) is 28.9. The van der Waals surface area contributed by atoms with E-state index in [4.69, 9.17) is 0 Å². The second-order valence-electron chi connectivity index (χ2n) is 18.1. The lowest BCUT2D eigenvalue weighted by Crippen LogP contribution is -2.28. The lowest BCUT2D eigenvalue weighted by atomic mass is 9.89. The second-order valence-corrected chi connectivity index (χ2v) is 18.1. The predicted octanol–water partition coefficient (Wildman–Crippen LogP) is 15.0. The molecule has 45 heavy (non-hydrogen) atoms. The highest BCUT2D eigenvalue weighted by atomic mass is 15.1. The Morgan fingerprint density at radius 2 is 0.489 bits per heavy atom. The first kappa shape index (κ1) is 45.0. The van der Waals surface area contributed by atoms with Gasteiger partial charge in [0.1, 0.15) is 0 Å². The van der Waals surface area contributed by atoms with Gasteiger partial charge in [0.2, 0.25) is 0 Å². The topological polar surface area (TPSA) is 3.24 Å². The van der Waals surface area contributed by atoms with Gasteiger partial charge in [-0.1, -0.05) is 198 Å². The minimum absolute atomic E-state index is 0.772. The summed E-state index contributed by atoms with van der Waals surface area (Å²) in [4.78, 5) is 2.52. The van der Waals surface area contributed by atoms with Crippen molar-refractivity contribution in [1.29, 1.82) is 0 Å². The van der Waals surface area contributed by atoms with Crippen LogP contribution in [0, 0.1) is 47.3 Å². The normalized spacial score (nSPS) is 17.1. The minimum atomic E-state index is 0.772.